The number of hydrogen-bond acceptors (Lipinski definition) is 4. The fraction of sp³-hybridized carbons (Fsp3) is 0.682. The van der Waals surface area contributed by atoms with Crippen molar-refractivity contribution in [2.24, 2.45) is 4.99 Å². The van der Waals surface area contributed by atoms with Gasteiger partial charge in [0.25, 0.3) is 0 Å². The molecule has 0 radical (unpaired) electrons. The molecular weight excluding hydrogens is 354 g/mol. The molecule has 0 aliphatic carbocycles. The number of ether oxygens (including phenoxy) is 3. The fourth-order valence-corrected chi connectivity index (χ4v) is 3.47. The third kappa shape index (κ3) is 5.85. The van der Waals surface area contributed by atoms with Crippen molar-refractivity contribution < 1.29 is 14.2 Å². The van der Waals surface area contributed by atoms with Gasteiger partial charge in [0.05, 0.1) is 19.3 Å². The average Bonchev–Trinajstić information content (AvgIpc) is 2.71. The van der Waals surface area contributed by atoms with Crippen LogP contribution in [0.3, 0.4) is 0 Å². The number of benzene rings is 1. The number of nitrogens with one attached hydrogen (secondary N) is 2. The second-order valence-corrected chi connectivity index (χ2v) is 8.11. The molecule has 1 aromatic carbocycles. The molecular formula is C22H37N3O3. The van der Waals surface area contributed by atoms with Gasteiger partial charge in [-0.25, -0.2) is 0 Å². The van der Waals surface area contributed by atoms with E-state index in [1.165, 1.54) is 11.1 Å². The first-order valence-electron chi connectivity index (χ1n) is 10.2. The van der Waals surface area contributed by atoms with Gasteiger partial charge in [0, 0.05) is 44.4 Å². The Labute approximate surface area is 170 Å². The molecule has 1 saturated heterocycles. The van der Waals surface area contributed by atoms with E-state index in [2.05, 4.69) is 42.7 Å². The van der Waals surface area contributed by atoms with Gasteiger partial charge in [0.1, 0.15) is 5.75 Å². The predicted octanol–water partition coefficient (Wildman–Crippen LogP) is 3.03. The summed E-state index contributed by atoms with van der Waals surface area (Å²) in [5.74, 6) is 1.75. The van der Waals surface area contributed by atoms with Crippen molar-refractivity contribution in [3.05, 3.63) is 29.3 Å². The van der Waals surface area contributed by atoms with E-state index in [1.54, 1.807) is 14.2 Å². The maximum absolute atomic E-state index is 5.71. The van der Waals surface area contributed by atoms with Crippen LogP contribution in [0.5, 0.6) is 5.75 Å². The van der Waals surface area contributed by atoms with Crippen molar-refractivity contribution in [3.8, 4) is 5.75 Å². The lowest BCUT2D eigenvalue weighted by Crippen LogP contribution is -2.48. The molecule has 1 fully saturated rings. The van der Waals surface area contributed by atoms with Crippen LogP contribution in [0.1, 0.15) is 44.7 Å². The number of rotatable bonds is 8. The monoisotopic (exact) mass is 391 g/mol. The molecule has 158 valence electrons. The quantitative estimate of drug-likeness (QED) is 0.527. The number of aliphatic imine (C=N–C) groups is 1. The molecule has 0 aromatic heterocycles. The lowest BCUT2D eigenvalue weighted by molar-refractivity contribution is 0.0310. The van der Waals surface area contributed by atoms with Gasteiger partial charge < -0.3 is 24.8 Å². The molecule has 1 aliphatic rings. The standard InChI is InChI=1S/C22H37N3O3/c1-7-23-20(24-15-21(3,4)27-6)25-16-22(10-12-28-13-11-22)18-14-17(2)8-9-19(18)26-5/h8-9,14H,7,10-13,15-16H2,1-6H3,(H2,23,24,25). The first-order chi connectivity index (χ1) is 13.4. The van der Waals surface area contributed by atoms with Crippen molar-refractivity contribution in [1.29, 1.82) is 0 Å². The Morgan fingerprint density at radius 1 is 1.21 bits per heavy atom. The SMILES string of the molecule is CCNC(=NCC(C)(C)OC)NCC1(c2cc(C)ccc2OC)CCOCC1. The predicted molar refractivity (Wildman–Crippen MR) is 115 cm³/mol. The van der Waals surface area contributed by atoms with Gasteiger partial charge in [-0.3, -0.25) is 4.99 Å². The molecule has 2 N–H and O–H groups in total. The second-order valence-electron chi connectivity index (χ2n) is 8.11. The van der Waals surface area contributed by atoms with Crippen LogP contribution in [-0.2, 0) is 14.9 Å². The van der Waals surface area contributed by atoms with E-state index in [0.717, 1.165) is 50.9 Å². The minimum atomic E-state index is -0.293. The molecule has 1 heterocycles. The number of hydrogen-bond donors (Lipinski definition) is 2. The topological polar surface area (TPSA) is 64.1 Å². The average molecular weight is 392 g/mol. The van der Waals surface area contributed by atoms with E-state index in [9.17, 15) is 0 Å². The highest BCUT2D eigenvalue weighted by molar-refractivity contribution is 5.80. The molecule has 6 nitrogen and oxygen atoms in total. The van der Waals surface area contributed by atoms with E-state index in [1.807, 2.05) is 13.8 Å². The normalized spacial score (nSPS) is 17.3. The van der Waals surface area contributed by atoms with E-state index in [-0.39, 0.29) is 11.0 Å². The van der Waals surface area contributed by atoms with Crippen molar-refractivity contribution in [1.82, 2.24) is 10.6 Å². The van der Waals surface area contributed by atoms with E-state index in [0.29, 0.717) is 6.54 Å². The largest absolute Gasteiger partial charge is 0.496 e. The van der Waals surface area contributed by atoms with Crippen molar-refractivity contribution in [3.63, 3.8) is 0 Å². The highest BCUT2D eigenvalue weighted by Gasteiger charge is 2.37. The van der Waals surface area contributed by atoms with Gasteiger partial charge in [0.2, 0.25) is 0 Å². The van der Waals surface area contributed by atoms with Crippen LogP contribution in [-0.4, -0.2) is 58.6 Å². The first kappa shape index (κ1) is 22.5. The summed E-state index contributed by atoms with van der Waals surface area (Å²) in [6.07, 6.45) is 1.89. The lowest BCUT2D eigenvalue weighted by atomic mass is 9.73. The summed E-state index contributed by atoms with van der Waals surface area (Å²) in [6.45, 7) is 12.0. The molecule has 2 rings (SSSR count). The fourth-order valence-electron chi connectivity index (χ4n) is 3.47. The third-order valence-electron chi connectivity index (χ3n) is 5.49. The number of nitrogens with zero attached hydrogens (tertiary/aromatic N) is 1. The maximum atomic E-state index is 5.71. The van der Waals surface area contributed by atoms with E-state index < -0.39 is 0 Å². The Morgan fingerprint density at radius 3 is 2.54 bits per heavy atom. The van der Waals surface area contributed by atoms with Gasteiger partial charge in [-0.2, -0.15) is 0 Å². The van der Waals surface area contributed by atoms with Gasteiger partial charge in [-0.15, -0.1) is 0 Å². The van der Waals surface area contributed by atoms with Gasteiger partial charge in [0.15, 0.2) is 5.96 Å². The van der Waals surface area contributed by atoms with Crippen molar-refractivity contribution >= 4 is 5.96 Å². The summed E-state index contributed by atoms with van der Waals surface area (Å²) in [4.78, 5) is 4.73. The minimum absolute atomic E-state index is 0.0530. The third-order valence-corrected chi connectivity index (χ3v) is 5.49. The Bertz CT molecular complexity index is 652. The van der Waals surface area contributed by atoms with Crippen molar-refractivity contribution in [2.45, 2.75) is 51.6 Å². The summed E-state index contributed by atoms with van der Waals surface area (Å²) < 4.78 is 16.9. The Kier molecular flexibility index (Phi) is 8.13. The molecule has 1 aromatic rings. The Morgan fingerprint density at radius 2 is 1.93 bits per heavy atom. The van der Waals surface area contributed by atoms with Crippen LogP contribution in [0, 0.1) is 6.92 Å². The van der Waals surface area contributed by atoms with Crippen LogP contribution in [0.15, 0.2) is 23.2 Å². The zero-order chi connectivity index (χ0) is 20.6. The molecule has 0 bridgehead atoms. The molecule has 0 spiro atoms. The van der Waals surface area contributed by atoms with Crippen LogP contribution >= 0.6 is 0 Å². The summed E-state index contributed by atoms with van der Waals surface area (Å²) in [5, 5.41) is 6.92. The molecule has 6 heteroatoms. The molecule has 0 atom stereocenters. The maximum Gasteiger partial charge on any atom is 0.191 e. The highest BCUT2D eigenvalue weighted by Crippen LogP contribution is 2.40. The molecule has 0 saturated carbocycles. The molecule has 0 unspecified atom stereocenters. The van der Waals surface area contributed by atoms with Crippen molar-refractivity contribution in [2.75, 3.05) is 47.1 Å². The summed E-state index contributed by atoms with van der Waals surface area (Å²) in [7, 11) is 3.46. The van der Waals surface area contributed by atoms with Crippen LogP contribution in [0.25, 0.3) is 0 Å². The van der Waals surface area contributed by atoms with Gasteiger partial charge >= 0.3 is 0 Å². The zero-order valence-corrected chi connectivity index (χ0v) is 18.4. The minimum Gasteiger partial charge on any atom is -0.496 e. The van der Waals surface area contributed by atoms with Crippen LogP contribution in [0.2, 0.25) is 0 Å². The van der Waals surface area contributed by atoms with Crippen LogP contribution < -0.4 is 15.4 Å². The smallest absolute Gasteiger partial charge is 0.191 e. The van der Waals surface area contributed by atoms with E-state index >= 15 is 0 Å². The van der Waals surface area contributed by atoms with Gasteiger partial charge in [-0.05, 0) is 46.6 Å². The number of aryl methyl sites for hydroxylation is 1. The number of guanidine groups is 1. The zero-order valence-electron chi connectivity index (χ0n) is 18.4. The van der Waals surface area contributed by atoms with Gasteiger partial charge in [-0.1, -0.05) is 17.7 Å². The second kappa shape index (κ2) is 10.1. The Balaban J connectivity index is 2.26. The van der Waals surface area contributed by atoms with E-state index in [4.69, 9.17) is 19.2 Å². The molecule has 1 aliphatic heterocycles. The summed E-state index contributed by atoms with van der Waals surface area (Å²) in [6, 6.07) is 6.42. The highest BCUT2D eigenvalue weighted by atomic mass is 16.5. The first-order valence-corrected chi connectivity index (χ1v) is 10.2. The summed E-state index contributed by atoms with van der Waals surface area (Å²) in [5.41, 5.74) is 2.14. The summed E-state index contributed by atoms with van der Waals surface area (Å²) >= 11 is 0. The lowest BCUT2D eigenvalue weighted by Gasteiger charge is -2.39. The number of methoxy groups -OCH3 is 2. The van der Waals surface area contributed by atoms with Crippen LogP contribution in [0.4, 0.5) is 0 Å². The Hall–Kier alpha value is -1.79. The molecule has 28 heavy (non-hydrogen) atoms. The molecule has 0 amide bonds.